The summed E-state index contributed by atoms with van der Waals surface area (Å²) in [5.41, 5.74) is 0.860. The first-order chi connectivity index (χ1) is 17.8. The quantitative estimate of drug-likeness (QED) is 0.109. The van der Waals surface area contributed by atoms with Gasteiger partial charge in [0.1, 0.15) is 11.5 Å². The Kier molecular flexibility index (Phi) is 9.66. The zero-order chi connectivity index (χ0) is 26.6. The van der Waals surface area contributed by atoms with E-state index in [0.29, 0.717) is 30.3 Å². The number of rotatable bonds is 14. The summed E-state index contributed by atoms with van der Waals surface area (Å²) >= 11 is 0. The Labute approximate surface area is 212 Å². The van der Waals surface area contributed by atoms with E-state index in [-0.39, 0.29) is 22.6 Å². The lowest BCUT2D eigenvalue weighted by Gasteiger charge is -2.09. The van der Waals surface area contributed by atoms with Gasteiger partial charge in [-0.15, -0.1) is 0 Å². The Hall–Kier alpha value is -4.80. The summed E-state index contributed by atoms with van der Waals surface area (Å²) in [6.07, 6.45) is 3.34. The second-order valence-electron chi connectivity index (χ2n) is 7.93. The molecule has 0 amide bonds. The van der Waals surface area contributed by atoms with Crippen molar-refractivity contribution in [3.05, 3.63) is 88.0 Å². The lowest BCUT2D eigenvalue weighted by Crippen LogP contribution is -2.05. The van der Waals surface area contributed by atoms with E-state index < -0.39 is 16.9 Å². The fourth-order valence-corrected chi connectivity index (χ4v) is 3.23. The molecule has 11 nitrogen and oxygen atoms in total. The first kappa shape index (κ1) is 26.8. The van der Waals surface area contributed by atoms with Gasteiger partial charge >= 0.3 is 11.9 Å². The highest BCUT2D eigenvalue weighted by Gasteiger charge is 2.12. The number of benzene rings is 3. The molecule has 11 heteroatoms. The number of azo groups is 1. The van der Waals surface area contributed by atoms with Crippen LogP contribution in [0, 0.1) is 10.1 Å². The third-order valence-electron chi connectivity index (χ3n) is 5.15. The van der Waals surface area contributed by atoms with Gasteiger partial charge < -0.3 is 19.7 Å². The van der Waals surface area contributed by atoms with E-state index in [0.717, 1.165) is 31.7 Å². The Morgan fingerprint density at radius 3 is 1.62 bits per heavy atom. The first-order valence-corrected chi connectivity index (χ1v) is 11.5. The standard InChI is InChI=1S/C26H25N3O8/c30-25(31)18-15-19(26(32)33)17-24(16-18)37-14-4-2-1-3-13-36-23-11-7-21(8-12-23)28-27-20-5-9-22(10-6-20)29(34)35/h5-12,15-17H,1-4,13-14H2,(H,30,31)(H,32,33). The molecule has 0 spiro atoms. The number of nitro groups is 1. The number of aromatic carboxylic acids is 2. The van der Waals surface area contributed by atoms with Gasteiger partial charge in [0.25, 0.3) is 5.69 Å². The molecule has 2 N–H and O–H groups in total. The molecule has 192 valence electrons. The highest BCUT2D eigenvalue weighted by atomic mass is 16.6. The van der Waals surface area contributed by atoms with Crippen molar-refractivity contribution in [3.63, 3.8) is 0 Å². The topological polar surface area (TPSA) is 161 Å². The molecule has 0 aromatic heterocycles. The van der Waals surface area contributed by atoms with Gasteiger partial charge in [0.05, 0.1) is 40.6 Å². The molecule has 3 rings (SSSR count). The minimum absolute atomic E-state index is 0.00636. The molecule has 0 saturated heterocycles. The lowest BCUT2D eigenvalue weighted by molar-refractivity contribution is -0.384. The number of carbonyl (C=O) groups is 2. The van der Waals surface area contributed by atoms with Crippen molar-refractivity contribution < 1.29 is 34.2 Å². The highest BCUT2D eigenvalue weighted by Crippen LogP contribution is 2.23. The van der Waals surface area contributed by atoms with E-state index in [1.54, 1.807) is 24.3 Å². The van der Waals surface area contributed by atoms with Gasteiger partial charge in [-0.2, -0.15) is 10.2 Å². The monoisotopic (exact) mass is 507 g/mol. The largest absolute Gasteiger partial charge is 0.494 e. The lowest BCUT2D eigenvalue weighted by atomic mass is 10.1. The second-order valence-corrected chi connectivity index (χ2v) is 7.93. The Bertz CT molecular complexity index is 1230. The van der Waals surface area contributed by atoms with Gasteiger partial charge in [-0.25, -0.2) is 9.59 Å². The molecule has 0 saturated carbocycles. The molecule has 37 heavy (non-hydrogen) atoms. The number of hydrogen-bond donors (Lipinski definition) is 2. The summed E-state index contributed by atoms with van der Waals surface area (Å²) in [4.78, 5) is 32.5. The molecular formula is C26H25N3O8. The Balaban J connectivity index is 1.32. The summed E-state index contributed by atoms with van der Waals surface area (Å²) in [5, 5.41) is 37.1. The fourth-order valence-electron chi connectivity index (χ4n) is 3.23. The number of carboxylic acids is 2. The van der Waals surface area contributed by atoms with Gasteiger partial charge in [-0.1, -0.05) is 0 Å². The second kappa shape index (κ2) is 13.3. The molecule has 3 aromatic rings. The van der Waals surface area contributed by atoms with Crippen molar-refractivity contribution in [1.82, 2.24) is 0 Å². The Morgan fingerprint density at radius 2 is 1.16 bits per heavy atom. The number of unbranched alkanes of at least 4 members (excludes halogenated alkanes) is 3. The average molecular weight is 507 g/mol. The van der Waals surface area contributed by atoms with E-state index in [9.17, 15) is 19.7 Å². The van der Waals surface area contributed by atoms with Gasteiger partial charge in [0.2, 0.25) is 0 Å². The smallest absolute Gasteiger partial charge is 0.335 e. The average Bonchev–Trinajstić information content (AvgIpc) is 2.89. The van der Waals surface area contributed by atoms with Crippen molar-refractivity contribution in [3.8, 4) is 11.5 Å². The van der Waals surface area contributed by atoms with E-state index in [2.05, 4.69) is 10.2 Å². The van der Waals surface area contributed by atoms with Gasteiger partial charge in [0.15, 0.2) is 0 Å². The SMILES string of the molecule is O=C(O)c1cc(OCCCCCCOc2ccc(N=Nc3ccc([N+](=O)[O-])cc3)cc2)cc(C(=O)O)c1. The van der Waals surface area contributed by atoms with Crippen LogP contribution in [0.1, 0.15) is 46.4 Å². The molecule has 0 bridgehead atoms. The predicted molar refractivity (Wildman–Crippen MR) is 134 cm³/mol. The van der Waals surface area contributed by atoms with Crippen molar-refractivity contribution in [2.75, 3.05) is 13.2 Å². The molecule has 0 radical (unpaired) electrons. The van der Waals surface area contributed by atoms with Gasteiger partial charge in [-0.05, 0) is 80.3 Å². The molecule has 3 aromatic carbocycles. The van der Waals surface area contributed by atoms with Crippen molar-refractivity contribution in [2.45, 2.75) is 25.7 Å². The zero-order valence-corrected chi connectivity index (χ0v) is 19.8. The van der Waals surface area contributed by atoms with Crippen LogP contribution in [0.25, 0.3) is 0 Å². The predicted octanol–water partition coefficient (Wildman–Crippen LogP) is 6.42. The maximum absolute atomic E-state index is 11.1. The van der Waals surface area contributed by atoms with E-state index in [1.807, 2.05) is 0 Å². The van der Waals surface area contributed by atoms with E-state index in [1.165, 1.54) is 36.4 Å². The molecule has 0 aliphatic carbocycles. The van der Waals surface area contributed by atoms with Crippen LogP contribution in [-0.2, 0) is 0 Å². The first-order valence-electron chi connectivity index (χ1n) is 11.5. The third kappa shape index (κ3) is 8.73. The van der Waals surface area contributed by atoms with E-state index >= 15 is 0 Å². The molecule has 0 atom stereocenters. The van der Waals surface area contributed by atoms with Crippen LogP contribution in [0.5, 0.6) is 11.5 Å². The molecular weight excluding hydrogens is 482 g/mol. The van der Waals surface area contributed by atoms with Crippen LogP contribution < -0.4 is 9.47 Å². The maximum Gasteiger partial charge on any atom is 0.335 e. The van der Waals surface area contributed by atoms with Crippen molar-refractivity contribution in [1.29, 1.82) is 0 Å². The third-order valence-corrected chi connectivity index (χ3v) is 5.15. The summed E-state index contributed by atoms with van der Waals surface area (Å²) < 4.78 is 11.3. The number of nitrogens with zero attached hydrogens (tertiary/aromatic N) is 3. The minimum atomic E-state index is -1.21. The fraction of sp³-hybridized carbons (Fsp3) is 0.231. The van der Waals surface area contributed by atoms with Crippen molar-refractivity contribution in [2.24, 2.45) is 10.2 Å². The number of hydrogen-bond acceptors (Lipinski definition) is 8. The summed E-state index contributed by atoms with van der Waals surface area (Å²) in [7, 11) is 0. The highest BCUT2D eigenvalue weighted by molar-refractivity contribution is 5.94. The minimum Gasteiger partial charge on any atom is -0.494 e. The summed E-state index contributed by atoms with van der Waals surface area (Å²) in [6.45, 7) is 0.881. The van der Waals surface area contributed by atoms with Gasteiger partial charge in [-0.3, -0.25) is 10.1 Å². The number of carboxylic acid groups (broad SMARTS) is 2. The van der Waals surface area contributed by atoms with E-state index in [4.69, 9.17) is 19.7 Å². The van der Waals surface area contributed by atoms with Crippen LogP contribution in [0.2, 0.25) is 0 Å². The molecule has 0 aliphatic rings. The van der Waals surface area contributed by atoms with Crippen LogP contribution in [0.4, 0.5) is 17.1 Å². The Morgan fingerprint density at radius 1 is 0.703 bits per heavy atom. The van der Waals surface area contributed by atoms with Crippen LogP contribution >= 0.6 is 0 Å². The molecule has 0 unspecified atom stereocenters. The maximum atomic E-state index is 11.1. The summed E-state index contributed by atoms with van der Waals surface area (Å²) in [6, 6.07) is 16.6. The summed E-state index contributed by atoms with van der Waals surface area (Å²) in [5.74, 6) is -1.51. The molecule has 0 heterocycles. The van der Waals surface area contributed by atoms with Gasteiger partial charge in [0, 0.05) is 12.1 Å². The van der Waals surface area contributed by atoms with Crippen LogP contribution in [0.3, 0.4) is 0 Å². The normalized spacial score (nSPS) is 10.8. The number of nitro benzene ring substituents is 1. The molecule has 0 aliphatic heterocycles. The molecule has 0 fully saturated rings. The van der Waals surface area contributed by atoms with Crippen LogP contribution in [0.15, 0.2) is 77.0 Å². The number of ether oxygens (including phenoxy) is 2. The van der Waals surface area contributed by atoms with Crippen LogP contribution in [-0.4, -0.2) is 40.3 Å². The van der Waals surface area contributed by atoms with Crippen molar-refractivity contribution >= 4 is 29.0 Å². The number of non-ortho nitro benzene ring substituents is 1. The zero-order valence-electron chi connectivity index (χ0n) is 19.8.